The van der Waals surface area contributed by atoms with Crippen LogP contribution >= 0.6 is 11.8 Å². The molecule has 150 valence electrons. The minimum absolute atomic E-state index is 0.0448. The van der Waals surface area contributed by atoms with E-state index in [0.717, 1.165) is 22.2 Å². The largest absolute Gasteiger partial charge is 0.497 e. The Kier molecular flexibility index (Phi) is 6.66. The molecule has 3 rings (SSSR count). The van der Waals surface area contributed by atoms with Crippen molar-refractivity contribution in [2.75, 3.05) is 20.2 Å². The van der Waals surface area contributed by atoms with Gasteiger partial charge in [0.15, 0.2) is 0 Å². The lowest BCUT2D eigenvalue weighted by Gasteiger charge is -2.13. The topological polar surface area (TPSA) is 75.7 Å². The Bertz CT molecular complexity index is 977. The van der Waals surface area contributed by atoms with Crippen molar-refractivity contribution in [1.82, 2.24) is 10.2 Å². The van der Waals surface area contributed by atoms with Crippen LogP contribution in [0.3, 0.4) is 0 Å². The van der Waals surface area contributed by atoms with Gasteiger partial charge in [0.1, 0.15) is 11.6 Å². The lowest BCUT2D eigenvalue weighted by Crippen LogP contribution is -2.37. The standard InChI is InChI=1S/C21H19FN2O4S/c1-28-16-7-4-5-14(11-16)12-19(25)23-9-10-24-20(26)18(29-21(24)27)13-15-6-2-3-8-17(15)22/h2-8,11,13H,9-10,12H2,1H3,(H,23,25)/b18-13-. The van der Waals surface area contributed by atoms with Gasteiger partial charge in [-0.25, -0.2) is 4.39 Å². The summed E-state index contributed by atoms with van der Waals surface area (Å²) in [5, 5.41) is 2.25. The van der Waals surface area contributed by atoms with Crippen molar-refractivity contribution in [2.45, 2.75) is 6.42 Å². The summed E-state index contributed by atoms with van der Waals surface area (Å²) in [6.45, 7) is 0.178. The molecule has 0 bridgehead atoms. The maximum absolute atomic E-state index is 13.8. The summed E-state index contributed by atoms with van der Waals surface area (Å²) in [4.78, 5) is 37.8. The summed E-state index contributed by atoms with van der Waals surface area (Å²) in [7, 11) is 1.55. The molecule has 0 radical (unpaired) electrons. The number of amides is 3. The predicted molar refractivity (Wildman–Crippen MR) is 109 cm³/mol. The average Bonchev–Trinajstić information content (AvgIpc) is 2.97. The molecule has 0 unspecified atom stereocenters. The van der Waals surface area contributed by atoms with E-state index in [1.54, 1.807) is 37.4 Å². The third-order valence-corrected chi connectivity index (χ3v) is 5.13. The first-order valence-electron chi connectivity index (χ1n) is 8.87. The van der Waals surface area contributed by atoms with Crippen LogP contribution < -0.4 is 10.1 Å². The molecule has 0 atom stereocenters. The number of nitrogens with zero attached hydrogens (tertiary/aromatic N) is 1. The molecule has 1 fully saturated rings. The Hall–Kier alpha value is -3.13. The molecule has 2 aromatic carbocycles. The lowest BCUT2D eigenvalue weighted by atomic mass is 10.1. The fourth-order valence-electron chi connectivity index (χ4n) is 2.76. The van der Waals surface area contributed by atoms with E-state index in [0.29, 0.717) is 5.75 Å². The van der Waals surface area contributed by atoms with Crippen LogP contribution in [0.1, 0.15) is 11.1 Å². The van der Waals surface area contributed by atoms with Gasteiger partial charge in [0.25, 0.3) is 11.1 Å². The Morgan fingerprint density at radius 2 is 2.00 bits per heavy atom. The van der Waals surface area contributed by atoms with Crippen LogP contribution in [0.2, 0.25) is 0 Å². The summed E-state index contributed by atoms with van der Waals surface area (Å²) in [5.74, 6) is -0.531. The van der Waals surface area contributed by atoms with Crippen LogP contribution in [0.25, 0.3) is 6.08 Å². The lowest BCUT2D eigenvalue weighted by molar-refractivity contribution is -0.124. The van der Waals surface area contributed by atoms with Crippen LogP contribution in [0.15, 0.2) is 53.4 Å². The normalized spacial score (nSPS) is 15.1. The predicted octanol–water partition coefficient (Wildman–Crippen LogP) is 3.23. The van der Waals surface area contributed by atoms with Crippen molar-refractivity contribution < 1.29 is 23.5 Å². The van der Waals surface area contributed by atoms with Gasteiger partial charge in [-0.3, -0.25) is 19.3 Å². The third-order valence-electron chi connectivity index (χ3n) is 4.22. The molecule has 8 heteroatoms. The Balaban J connectivity index is 1.54. The minimum atomic E-state index is -0.495. The van der Waals surface area contributed by atoms with Gasteiger partial charge in [0.05, 0.1) is 18.4 Å². The van der Waals surface area contributed by atoms with Crippen LogP contribution in [0.5, 0.6) is 5.75 Å². The number of imide groups is 1. The number of halogens is 1. The number of hydrogen-bond acceptors (Lipinski definition) is 5. The third kappa shape index (κ3) is 5.23. The van der Waals surface area contributed by atoms with E-state index in [2.05, 4.69) is 5.32 Å². The van der Waals surface area contributed by atoms with Crippen molar-refractivity contribution in [2.24, 2.45) is 0 Å². The molecule has 3 amide bonds. The molecule has 0 aromatic heterocycles. The first-order valence-corrected chi connectivity index (χ1v) is 9.69. The summed E-state index contributed by atoms with van der Waals surface area (Å²) in [5.41, 5.74) is 1.03. The zero-order chi connectivity index (χ0) is 20.8. The van der Waals surface area contributed by atoms with Crippen molar-refractivity contribution in [3.8, 4) is 5.75 Å². The number of hydrogen-bond donors (Lipinski definition) is 1. The highest BCUT2D eigenvalue weighted by atomic mass is 32.2. The van der Waals surface area contributed by atoms with Crippen LogP contribution in [0.4, 0.5) is 9.18 Å². The summed E-state index contributed by atoms with van der Waals surface area (Å²) >= 11 is 0.756. The highest BCUT2D eigenvalue weighted by Crippen LogP contribution is 2.32. The van der Waals surface area contributed by atoms with Crippen molar-refractivity contribution >= 4 is 34.9 Å². The fraction of sp³-hybridized carbons (Fsp3) is 0.190. The molecule has 6 nitrogen and oxygen atoms in total. The average molecular weight is 414 g/mol. The number of ether oxygens (including phenoxy) is 1. The molecule has 1 aliphatic rings. The molecule has 1 saturated heterocycles. The van der Waals surface area contributed by atoms with E-state index in [-0.39, 0.29) is 35.9 Å². The summed E-state index contributed by atoms with van der Waals surface area (Å²) in [6, 6.07) is 13.2. The highest BCUT2D eigenvalue weighted by molar-refractivity contribution is 8.18. The molecule has 1 aliphatic heterocycles. The Labute approximate surface area is 171 Å². The number of carbonyl (C=O) groups excluding carboxylic acids is 3. The first kappa shape index (κ1) is 20.6. The molecule has 0 spiro atoms. The Morgan fingerprint density at radius 1 is 1.21 bits per heavy atom. The molecule has 1 heterocycles. The SMILES string of the molecule is COc1cccc(CC(=O)NCCN2C(=O)S/C(=C\c3ccccc3F)C2=O)c1. The van der Waals surface area contributed by atoms with E-state index in [9.17, 15) is 18.8 Å². The minimum Gasteiger partial charge on any atom is -0.497 e. The van der Waals surface area contributed by atoms with E-state index in [1.165, 1.54) is 18.2 Å². The van der Waals surface area contributed by atoms with Gasteiger partial charge in [-0.1, -0.05) is 30.3 Å². The molecule has 0 aliphatic carbocycles. The van der Waals surface area contributed by atoms with Crippen LogP contribution in [-0.4, -0.2) is 42.2 Å². The van der Waals surface area contributed by atoms with Gasteiger partial charge in [-0.05, 0) is 41.6 Å². The van der Waals surface area contributed by atoms with Gasteiger partial charge < -0.3 is 10.1 Å². The smallest absolute Gasteiger partial charge is 0.293 e. The first-order chi connectivity index (χ1) is 14.0. The zero-order valence-electron chi connectivity index (χ0n) is 15.7. The second kappa shape index (κ2) is 9.38. The van der Waals surface area contributed by atoms with Crippen LogP contribution in [-0.2, 0) is 16.0 Å². The van der Waals surface area contributed by atoms with Gasteiger partial charge >= 0.3 is 0 Å². The monoisotopic (exact) mass is 414 g/mol. The highest BCUT2D eigenvalue weighted by Gasteiger charge is 2.34. The van der Waals surface area contributed by atoms with Crippen LogP contribution in [0, 0.1) is 5.82 Å². The molecular formula is C21H19FN2O4S. The fourth-order valence-corrected chi connectivity index (χ4v) is 3.62. The second-order valence-corrected chi connectivity index (χ2v) is 7.23. The van der Waals surface area contributed by atoms with Crippen molar-refractivity contribution in [3.05, 3.63) is 70.4 Å². The molecule has 29 heavy (non-hydrogen) atoms. The van der Waals surface area contributed by atoms with Crippen molar-refractivity contribution in [3.63, 3.8) is 0 Å². The molecule has 0 saturated carbocycles. The van der Waals surface area contributed by atoms with Crippen molar-refractivity contribution in [1.29, 1.82) is 0 Å². The van der Waals surface area contributed by atoms with Gasteiger partial charge in [0.2, 0.25) is 5.91 Å². The number of nitrogens with one attached hydrogen (secondary N) is 1. The maximum atomic E-state index is 13.8. The molecule has 2 aromatic rings. The van der Waals surface area contributed by atoms with E-state index >= 15 is 0 Å². The number of rotatable bonds is 7. The number of benzene rings is 2. The van der Waals surface area contributed by atoms with E-state index in [4.69, 9.17) is 4.74 Å². The number of thioether (sulfide) groups is 1. The van der Waals surface area contributed by atoms with Gasteiger partial charge in [0, 0.05) is 18.7 Å². The summed E-state index contributed by atoms with van der Waals surface area (Å²) in [6.07, 6.45) is 1.52. The van der Waals surface area contributed by atoms with E-state index < -0.39 is 17.0 Å². The number of methoxy groups -OCH3 is 1. The van der Waals surface area contributed by atoms with Gasteiger partial charge in [-0.2, -0.15) is 0 Å². The second-order valence-electron chi connectivity index (χ2n) is 6.23. The molecule has 1 N–H and O–H groups in total. The maximum Gasteiger partial charge on any atom is 0.293 e. The summed E-state index contributed by atoms with van der Waals surface area (Å²) < 4.78 is 18.9. The quantitative estimate of drug-likeness (QED) is 0.704. The van der Waals surface area contributed by atoms with Gasteiger partial charge in [-0.15, -0.1) is 0 Å². The van der Waals surface area contributed by atoms with E-state index in [1.807, 2.05) is 6.07 Å². The zero-order valence-corrected chi connectivity index (χ0v) is 16.5. The Morgan fingerprint density at radius 3 is 2.76 bits per heavy atom. The molecular weight excluding hydrogens is 395 g/mol. The number of carbonyl (C=O) groups is 3.